The Morgan fingerprint density at radius 2 is 2.09 bits per heavy atom. The second-order valence-corrected chi connectivity index (χ2v) is 6.84. The summed E-state index contributed by atoms with van der Waals surface area (Å²) in [5.41, 5.74) is 2.47. The lowest BCUT2D eigenvalue weighted by Gasteiger charge is -2.25. The van der Waals surface area contributed by atoms with Gasteiger partial charge in [-0.05, 0) is 50.1 Å². The minimum absolute atomic E-state index is 0.0287. The third kappa shape index (κ3) is 4.97. The van der Waals surface area contributed by atoms with Crippen LogP contribution in [0.2, 0.25) is 0 Å². The minimum Gasteiger partial charge on any atom is -0.760 e. The van der Waals surface area contributed by atoms with Gasteiger partial charge in [0.2, 0.25) is 5.91 Å². The van der Waals surface area contributed by atoms with Crippen molar-refractivity contribution in [3.05, 3.63) is 52.0 Å². The molecule has 0 radical (unpaired) electrons. The molecule has 2 N–H and O–H groups in total. The molecule has 1 heterocycles. The van der Waals surface area contributed by atoms with Crippen LogP contribution in [0.5, 0.6) is 5.75 Å². The molecule has 0 fully saturated rings. The van der Waals surface area contributed by atoms with E-state index in [1.165, 1.54) is 18.3 Å². The van der Waals surface area contributed by atoms with Crippen LogP contribution in [0.1, 0.15) is 31.2 Å². The predicted molar refractivity (Wildman–Crippen MR) is 93.8 cm³/mol. The number of carbonyl (C=O) groups is 1. The van der Waals surface area contributed by atoms with Crippen molar-refractivity contribution in [2.24, 2.45) is 0 Å². The summed E-state index contributed by atoms with van der Waals surface area (Å²) in [7, 11) is 0. The molecular weight excluding hydrogens is 312 g/mol. The zero-order valence-corrected chi connectivity index (χ0v) is 14.3. The van der Waals surface area contributed by atoms with Crippen molar-refractivity contribution in [1.29, 1.82) is 0 Å². The van der Waals surface area contributed by atoms with Gasteiger partial charge >= 0.3 is 0 Å². The van der Waals surface area contributed by atoms with E-state index in [9.17, 15) is 10.0 Å². The summed E-state index contributed by atoms with van der Waals surface area (Å²) in [4.78, 5) is 11.9. The first kappa shape index (κ1) is 17.3. The average molecular weight is 333 g/mol. The fraction of sp³-hybridized carbons (Fsp3) is 0.353. The Bertz CT molecular complexity index is 667. The molecule has 0 atom stereocenters. The van der Waals surface area contributed by atoms with E-state index in [1.807, 2.05) is 49.7 Å². The summed E-state index contributed by atoms with van der Waals surface area (Å²) >= 11 is 1.38. The minimum atomic E-state index is -0.532. The van der Waals surface area contributed by atoms with Gasteiger partial charge in [-0.2, -0.15) is 0 Å². The van der Waals surface area contributed by atoms with Crippen molar-refractivity contribution in [3.63, 3.8) is 0 Å². The Morgan fingerprint density at radius 1 is 1.30 bits per heavy atom. The Balaban J connectivity index is 2.05. The molecule has 0 aliphatic heterocycles. The highest BCUT2D eigenvalue weighted by Gasteiger charge is 2.24. The lowest BCUT2D eigenvalue weighted by molar-refractivity contribution is -0.118. The molecule has 1 aromatic heterocycles. The second-order valence-electron chi connectivity index (χ2n) is 5.76. The molecule has 0 aliphatic rings. The zero-order chi connectivity index (χ0) is 16.9. The summed E-state index contributed by atoms with van der Waals surface area (Å²) in [5, 5.41) is 14.1. The Labute approximate surface area is 140 Å². The van der Waals surface area contributed by atoms with E-state index in [4.69, 9.17) is 4.74 Å². The monoisotopic (exact) mass is 333 g/mol. The van der Waals surface area contributed by atoms with Crippen molar-refractivity contribution in [2.75, 3.05) is 12.0 Å². The molecule has 2 rings (SSSR count). The summed E-state index contributed by atoms with van der Waals surface area (Å²) in [6.07, 6.45) is 0.750. The molecule has 1 aromatic carbocycles. The van der Waals surface area contributed by atoms with Crippen LogP contribution in [0.4, 0.5) is 5.00 Å². The van der Waals surface area contributed by atoms with Crippen LogP contribution in [0.3, 0.4) is 0 Å². The van der Waals surface area contributed by atoms with Crippen molar-refractivity contribution in [1.82, 2.24) is 5.32 Å². The summed E-state index contributed by atoms with van der Waals surface area (Å²) in [5.74, 6) is 0.736. The number of thiophene rings is 1. The molecule has 124 valence electrons. The van der Waals surface area contributed by atoms with E-state index in [2.05, 4.69) is 5.32 Å². The first-order valence-corrected chi connectivity index (χ1v) is 8.23. The van der Waals surface area contributed by atoms with E-state index < -0.39 is 5.60 Å². The largest absolute Gasteiger partial charge is 0.760 e. The van der Waals surface area contributed by atoms with Gasteiger partial charge in [0.1, 0.15) is 11.4 Å². The Hall–Kier alpha value is -2.05. The van der Waals surface area contributed by atoms with Crippen molar-refractivity contribution in [3.8, 4) is 5.75 Å². The first-order chi connectivity index (χ1) is 10.9. The van der Waals surface area contributed by atoms with Crippen LogP contribution < -0.4 is 15.5 Å². The summed E-state index contributed by atoms with van der Waals surface area (Å²) in [6.45, 7) is 6.05. The molecule has 0 saturated heterocycles. The third-order valence-corrected chi connectivity index (χ3v) is 4.65. The van der Waals surface area contributed by atoms with Crippen molar-refractivity contribution < 1.29 is 9.53 Å². The molecule has 2 aromatic rings. The lowest BCUT2D eigenvalue weighted by Crippen LogP contribution is -2.24. The maximum atomic E-state index is 10.9. The van der Waals surface area contributed by atoms with E-state index in [-0.39, 0.29) is 5.91 Å². The first-order valence-electron chi connectivity index (χ1n) is 7.41. The Morgan fingerprint density at radius 3 is 2.74 bits per heavy atom. The molecule has 0 saturated carbocycles. The van der Waals surface area contributed by atoms with Gasteiger partial charge in [-0.1, -0.05) is 12.1 Å². The zero-order valence-electron chi connectivity index (χ0n) is 13.5. The highest BCUT2D eigenvalue weighted by molar-refractivity contribution is 7.16. The van der Waals surface area contributed by atoms with Crippen LogP contribution >= 0.6 is 11.3 Å². The quantitative estimate of drug-likeness (QED) is 0.759. The van der Waals surface area contributed by atoms with Gasteiger partial charge in [-0.15, -0.1) is 11.3 Å². The number of anilines is 1. The summed E-state index contributed by atoms with van der Waals surface area (Å²) < 4.78 is 6.11. The number of rotatable bonds is 7. The summed E-state index contributed by atoms with van der Waals surface area (Å²) in [6, 6.07) is 11.5. The van der Waals surface area contributed by atoms with Gasteiger partial charge in [0.05, 0.1) is 5.00 Å². The van der Waals surface area contributed by atoms with Crippen LogP contribution in [-0.2, 0) is 16.8 Å². The van der Waals surface area contributed by atoms with E-state index in [0.717, 1.165) is 22.6 Å². The second kappa shape index (κ2) is 7.48. The molecule has 0 spiro atoms. The molecule has 23 heavy (non-hydrogen) atoms. The highest BCUT2D eigenvalue weighted by Crippen LogP contribution is 2.34. The van der Waals surface area contributed by atoms with Gasteiger partial charge in [-0.25, -0.2) is 0 Å². The molecule has 0 bridgehead atoms. The van der Waals surface area contributed by atoms with E-state index >= 15 is 0 Å². The molecule has 0 aliphatic carbocycles. The predicted octanol–water partition coefficient (Wildman–Crippen LogP) is 3.65. The molecular formula is C17H21N2O3S-. The fourth-order valence-corrected chi connectivity index (χ4v) is 3.05. The third-order valence-electron chi connectivity index (χ3n) is 3.36. The topological polar surface area (TPSA) is 73.4 Å². The maximum Gasteiger partial charge on any atom is 0.216 e. The maximum absolute atomic E-state index is 10.9. The van der Waals surface area contributed by atoms with Gasteiger partial charge in [0.15, 0.2) is 0 Å². The number of hydrogen-bond acceptors (Lipinski definition) is 5. The molecule has 0 unspecified atom stereocenters. The number of ether oxygens (including phenoxy) is 1. The van der Waals surface area contributed by atoms with E-state index in [0.29, 0.717) is 11.5 Å². The number of hydrogen-bond donors (Lipinski definition) is 2. The molecule has 5 nitrogen and oxygen atoms in total. The number of benzene rings is 1. The van der Waals surface area contributed by atoms with Gasteiger partial charge in [0, 0.05) is 18.3 Å². The van der Waals surface area contributed by atoms with Crippen LogP contribution in [0.25, 0.3) is 0 Å². The fourth-order valence-electron chi connectivity index (χ4n) is 2.21. The SMILES string of the molecule is CC(=O)NCCc1cccc(OC(C)(C)c2ccc(N[O-])s2)c1. The van der Waals surface area contributed by atoms with Crippen molar-refractivity contribution in [2.45, 2.75) is 32.8 Å². The van der Waals surface area contributed by atoms with Crippen molar-refractivity contribution >= 4 is 22.2 Å². The number of nitrogens with one attached hydrogen (secondary N) is 2. The number of carbonyl (C=O) groups excluding carboxylic acids is 1. The average Bonchev–Trinajstić information content (AvgIpc) is 2.96. The molecule has 6 heteroatoms. The molecule has 1 amide bonds. The number of amides is 1. The van der Waals surface area contributed by atoms with Gasteiger partial charge in [0.25, 0.3) is 0 Å². The standard InChI is InChI=1S/C17H21N2O3S/c1-12(20)18-10-9-13-5-4-6-14(11-13)22-17(2,3)15-7-8-16(19-21)23-15/h4-8,11,19H,9-10H2,1-3H3,(H,18,20)/q-1. The van der Waals surface area contributed by atoms with Crippen LogP contribution in [0, 0.1) is 5.21 Å². The van der Waals surface area contributed by atoms with Crippen LogP contribution in [-0.4, -0.2) is 12.5 Å². The Kier molecular flexibility index (Phi) is 5.63. The highest BCUT2D eigenvalue weighted by atomic mass is 32.1. The van der Waals surface area contributed by atoms with Gasteiger partial charge in [-0.3, -0.25) is 4.79 Å². The van der Waals surface area contributed by atoms with Crippen LogP contribution in [0.15, 0.2) is 36.4 Å². The lowest BCUT2D eigenvalue weighted by atomic mass is 10.1. The normalized spacial score (nSPS) is 11.1. The van der Waals surface area contributed by atoms with Gasteiger partial charge < -0.3 is 20.7 Å². The smallest absolute Gasteiger partial charge is 0.216 e. The van der Waals surface area contributed by atoms with E-state index in [1.54, 1.807) is 6.07 Å².